The van der Waals surface area contributed by atoms with E-state index < -0.39 is 9.76 Å². The second-order valence-electron chi connectivity index (χ2n) is 4.96. The molecule has 0 aromatic carbocycles. The van der Waals surface area contributed by atoms with Crippen molar-refractivity contribution in [3.63, 3.8) is 0 Å². The Labute approximate surface area is 108 Å². The van der Waals surface area contributed by atoms with Gasteiger partial charge in [-0.15, -0.1) is 0 Å². The molecular formula is C13H26O3Si. The molecule has 100 valence electrons. The van der Waals surface area contributed by atoms with Gasteiger partial charge in [0.2, 0.25) is 9.76 Å². The van der Waals surface area contributed by atoms with Gasteiger partial charge in [-0.2, -0.15) is 0 Å². The first-order valence-corrected chi connectivity index (χ1v) is 7.76. The van der Waals surface area contributed by atoms with Crippen LogP contribution in [0.3, 0.4) is 0 Å². The highest BCUT2D eigenvalue weighted by Gasteiger charge is 2.20. The molecule has 0 radical (unpaired) electrons. The van der Waals surface area contributed by atoms with Crippen LogP contribution < -0.4 is 0 Å². The summed E-state index contributed by atoms with van der Waals surface area (Å²) in [5.74, 6) is 0.642. The Balaban J connectivity index is 4.20. The van der Waals surface area contributed by atoms with Crippen molar-refractivity contribution in [2.45, 2.75) is 52.9 Å². The fourth-order valence-corrected chi connectivity index (χ4v) is 3.50. The van der Waals surface area contributed by atoms with Crippen LogP contribution in [0.25, 0.3) is 0 Å². The van der Waals surface area contributed by atoms with Gasteiger partial charge < -0.3 is 9.16 Å². The van der Waals surface area contributed by atoms with E-state index in [0.29, 0.717) is 11.8 Å². The van der Waals surface area contributed by atoms with Gasteiger partial charge in [-0.1, -0.05) is 41.2 Å². The highest BCUT2D eigenvalue weighted by atomic mass is 28.2. The van der Waals surface area contributed by atoms with Gasteiger partial charge in [0.1, 0.15) is 5.73 Å². The van der Waals surface area contributed by atoms with Crippen LogP contribution in [-0.2, 0) is 14.0 Å². The highest BCUT2D eigenvalue weighted by Crippen LogP contribution is 2.16. The molecule has 0 bridgehead atoms. The van der Waals surface area contributed by atoms with Crippen LogP contribution in [-0.4, -0.2) is 27.6 Å². The second kappa shape index (κ2) is 8.47. The topological polar surface area (TPSA) is 35.5 Å². The van der Waals surface area contributed by atoms with E-state index in [1.165, 1.54) is 6.08 Å². The molecule has 3 nitrogen and oxygen atoms in total. The third kappa shape index (κ3) is 6.63. The monoisotopic (exact) mass is 258 g/mol. The van der Waals surface area contributed by atoms with Crippen molar-refractivity contribution < 1.29 is 14.0 Å². The summed E-state index contributed by atoms with van der Waals surface area (Å²) in [6.07, 6.45) is 2.28. The SMILES string of the molecule is C=CC(=O)OC(CC)[SiH2]OC(C(C)C)C(C)C. The Kier molecular flexibility index (Phi) is 8.17. The van der Waals surface area contributed by atoms with Crippen molar-refractivity contribution >= 4 is 15.7 Å². The van der Waals surface area contributed by atoms with E-state index in [-0.39, 0.29) is 17.8 Å². The molecule has 1 atom stereocenters. The molecule has 0 heterocycles. The maximum atomic E-state index is 11.1. The number of esters is 1. The van der Waals surface area contributed by atoms with Crippen LogP contribution in [0, 0.1) is 11.8 Å². The zero-order valence-corrected chi connectivity index (χ0v) is 13.1. The highest BCUT2D eigenvalue weighted by molar-refractivity contribution is 6.29. The largest absolute Gasteiger partial charge is 0.461 e. The molecule has 0 saturated carbocycles. The van der Waals surface area contributed by atoms with E-state index in [2.05, 4.69) is 34.3 Å². The zero-order chi connectivity index (χ0) is 13.4. The Bertz CT molecular complexity index is 231. The molecule has 0 aromatic heterocycles. The van der Waals surface area contributed by atoms with Crippen LogP contribution in [0.15, 0.2) is 12.7 Å². The van der Waals surface area contributed by atoms with Gasteiger partial charge in [0.15, 0.2) is 0 Å². The molecule has 0 N–H and O–H groups in total. The predicted octanol–water partition coefficient (Wildman–Crippen LogP) is 2.23. The molecular weight excluding hydrogens is 232 g/mol. The van der Waals surface area contributed by atoms with Crippen LogP contribution in [0.5, 0.6) is 0 Å². The van der Waals surface area contributed by atoms with E-state index in [0.717, 1.165) is 6.42 Å². The molecule has 0 amide bonds. The van der Waals surface area contributed by atoms with Crippen molar-refractivity contribution in [2.24, 2.45) is 11.8 Å². The zero-order valence-electron chi connectivity index (χ0n) is 11.7. The Morgan fingerprint density at radius 3 is 2.18 bits per heavy atom. The predicted molar refractivity (Wildman–Crippen MR) is 73.5 cm³/mol. The standard InChI is InChI=1S/C13H26O3Si/c1-7-11(14)15-12(8-2)17-16-13(9(3)4)10(5)6/h7,9-10,12-13H,1,8,17H2,2-6H3. The third-order valence-corrected chi connectivity index (χ3v) is 4.39. The molecule has 17 heavy (non-hydrogen) atoms. The lowest BCUT2D eigenvalue weighted by atomic mass is 9.97. The van der Waals surface area contributed by atoms with Crippen molar-refractivity contribution in [3.8, 4) is 0 Å². The normalized spacial score (nSPS) is 13.9. The molecule has 0 spiro atoms. The van der Waals surface area contributed by atoms with E-state index in [1.807, 2.05) is 6.92 Å². The van der Waals surface area contributed by atoms with Gasteiger partial charge in [-0.25, -0.2) is 4.79 Å². The average molecular weight is 258 g/mol. The Morgan fingerprint density at radius 1 is 1.29 bits per heavy atom. The van der Waals surface area contributed by atoms with Gasteiger partial charge in [0.05, 0.1) is 0 Å². The van der Waals surface area contributed by atoms with Crippen LogP contribution in [0.4, 0.5) is 0 Å². The van der Waals surface area contributed by atoms with Gasteiger partial charge in [0, 0.05) is 12.2 Å². The van der Waals surface area contributed by atoms with Crippen LogP contribution in [0.2, 0.25) is 0 Å². The van der Waals surface area contributed by atoms with Gasteiger partial charge in [-0.3, -0.25) is 0 Å². The Morgan fingerprint density at radius 2 is 1.82 bits per heavy atom. The summed E-state index contributed by atoms with van der Waals surface area (Å²) in [4.78, 5) is 11.1. The average Bonchev–Trinajstić information content (AvgIpc) is 2.26. The maximum absolute atomic E-state index is 11.1. The van der Waals surface area contributed by atoms with E-state index in [1.54, 1.807) is 0 Å². The Hall–Kier alpha value is -0.613. The maximum Gasteiger partial charge on any atom is 0.330 e. The lowest BCUT2D eigenvalue weighted by Crippen LogP contribution is -2.33. The number of ether oxygens (including phenoxy) is 1. The third-order valence-electron chi connectivity index (χ3n) is 2.69. The van der Waals surface area contributed by atoms with E-state index in [4.69, 9.17) is 9.16 Å². The van der Waals surface area contributed by atoms with Crippen molar-refractivity contribution in [3.05, 3.63) is 12.7 Å². The fraction of sp³-hybridized carbons (Fsp3) is 0.769. The molecule has 0 aliphatic rings. The van der Waals surface area contributed by atoms with Gasteiger partial charge in [0.25, 0.3) is 0 Å². The van der Waals surface area contributed by atoms with Crippen LogP contribution >= 0.6 is 0 Å². The van der Waals surface area contributed by atoms with Crippen LogP contribution in [0.1, 0.15) is 41.0 Å². The van der Waals surface area contributed by atoms with Crippen molar-refractivity contribution in [2.75, 3.05) is 0 Å². The molecule has 0 saturated heterocycles. The summed E-state index contributed by atoms with van der Waals surface area (Å²) in [6.45, 7) is 14.1. The number of rotatable bonds is 8. The molecule has 1 unspecified atom stereocenters. The summed E-state index contributed by atoms with van der Waals surface area (Å²) in [5, 5.41) is 0. The molecule has 0 rings (SSSR count). The molecule has 0 fully saturated rings. The lowest BCUT2D eigenvalue weighted by Gasteiger charge is -2.27. The molecule has 0 aliphatic heterocycles. The van der Waals surface area contributed by atoms with Crippen molar-refractivity contribution in [1.29, 1.82) is 0 Å². The summed E-state index contributed by atoms with van der Waals surface area (Å²) in [5.41, 5.74) is -0.0412. The number of carbonyl (C=O) groups is 1. The minimum atomic E-state index is -0.851. The van der Waals surface area contributed by atoms with E-state index in [9.17, 15) is 4.79 Å². The summed E-state index contributed by atoms with van der Waals surface area (Å²) in [7, 11) is -0.851. The first-order chi connectivity index (χ1) is 7.92. The van der Waals surface area contributed by atoms with Gasteiger partial charge >= 0.3 is 5.97 Å². The minimum absolute atomic E-state index is 0.0412. The summed E-state index contributed by atoms with van der Waals surface area (Å²) in [6, 6.07) is 0. The second-order valence-corrected chi connectivity index (χ2v) is 6.53. The number of carbonyl (C=O) groups excluding carboxylic acids is 1. The lowest BCUT2D eigenvalue weighted by molar-refractivity contribution is -0.140. The first kappa shape index (κ1) is 16.4. The summed E-state index contributed by atoms with van der Waals surface area (Å²) < 4.78 is 11.2. The van der Waals surface area contributed by atoms with E-state index >= 15 is 0 Å². The number of hydrogen-bond acceptors (Lipinski definition) is 3. The summed E-state index contributed by atoms with van der Waals surface area (Å²) >= 11 is 0. The fourth-order valence-electron chi connectivity index (χ4n) is 1.82. The quantitative estimate of drug-likeness (QED) is 0.380. The minimum Gasteiger partial charge on any atom is -0.461 e. The molecule has 0 aromatic rings. The number of hydrogen-bond donors (Lipinski definition) is 0. The molecule has 0 aliphatic carbocycles. The first-order valence-electron chi connectivity index (χ1n) is 6.36. The van der Waals surface area contributed by atoms with Gasteiger partial charge in [-0.05, 0) is 18.3 Å². The smallest absolute Gasteiger partial charge is 0.330 e. The molecule has 4 heteroatoms. The van der Waals surface area contributed by atoms with Crippen molar-refractivity contribution in [1.82, 2.24) is 0 Å².